The summed E-state index contributed by atoms with van der Waals surface area (Å²) < 4.78 is 0. The Morgan fingerprint density at radius 3 is 2.37 bits per heavy atom. The number of hydrogen-bond donors (Lipinski definition) is 1. The third-order valence-corrected chi connectivity index (χ3v) is 4.31. The summed E-state index contributed by atoms with van der Waals surface area (Å²) in [6, 6.07) is 0.464. The summed E-state index contributed by atoms with van der Waals surface area (Å²) in [4.78, 5) is 16.8. The highest BCUT2D eigenvalue weighted by Gasteiger charge is 2.30. The summed E-state index contributed by atoms with van der Waals surface area (Å²) in [6.07, 6.45) is 3.28. The lowest BCUT2D eigenvalue weighted by Crippen LogP contribution is -2.47. The molecule has 6 heteroatoms. The van der Waals surface area contributed by atoms with Crippen molar-refractivity contribution in [1.82, 2.24) is 15.1 Å². The maximum absolute atomic E-state index is 12.3. The first-order valence-corrected chi connectivity index (χ1v) is 6.92. The van der Waals surface area contributed by atoms with Gasteiger partial charge in [-0.15, -0.1) is 24.8 Å². The van der Waals surface area contributed by atoms with Crippen molar-refractivity contribution in [2.45, 2.75) is 32.2 Å². The Kier molecular flexibility index (Phi) is 8.99. The van der Waals surface area contributed by atoms with Crippen LogP contribution in [0.15, 0.2) is 0 Å². The van der Waals surface area contributed by atoms with Gasteiger partial charge in [0, 0.05) is 32.7 Å². The van der Waals surface area contributed by atoms with Gasteiger partial charge in [0.2, 0.25) is 5.91 Å². The van der Waals surface area contributed by atoms with Crippen LogP contribution in [0, 0.1) is 5.92 Å². The topological polar surface area (TPSA) is 35.6 Å². The van der Waals surface area contributed by atoms with Gasteiger partial charge in [0.25, 0.3) is 0 Å². The zero-order valence-corrected chi connectivity index (χ0v) is 13.6. The third-order valence-electron chi connectivity index (χ3n) is 4.31. The molecule has 114 valence electrons. The lowest BCUT2D eigenvalue weighted by molar-refractivity contribution is -0.136. The van der Waals surface area contributed by atoms with Crippen molar-refractivity contribution in [2.75, 3.05) is 39.8 Å². The molecule has 0 aromatic carbocycles. The zero-order valence-electron chi connectivity index (χ0n) is 11.9. The largest absolute Gasteiger partial charge is 0.342 e. The number of piperidine rings is 1. The molecule has 2 saturated heterocycles. The molecular formula is C13H27Cl2N3O. The highest BCUT2D eigenvalue weighted by Crippen LogP contribution is 2.19. The van der Waals surface area contributed by atoms with Crippen molar-refractivity contribution in [3.8, 4) is 0 Å². The van der Waals surface area contributed by atoms with Crippen LogP contribution in [-0.2, 0) is 4.79 Å². The van der Waals surface area contributed by atoms with Gasteiger partial charge in [0.1, 0.15) is 0 Å². The first-order valence-electron chi connectivity index (χ1n) is 6.92. The fraction of sp³-hybridized carbons (Fsp3) is 0.923. The van der Waals surface area contributed by atoms with Crippen LogP contribution in [0.25, 0.3) is 0 Å². The van der Waals surface area contributed by atoms with Crippen molar-refractivity contribution >= 4 is 30.7 Å². The standard InChI is InChI=1S/C13H25N3O.2ClH/c1-3-16-8-5-12(6-9-16)15(2)13(17)11-4-7-14-10-11;;/h11-12,14H,3-10H2,1-2H3;2*1H. The number of hydrogen-bond acceptors (Lipinski definition) is 3. The molecule has 2 aliphatic rings. The molecule has 1 amide bonds. The second-order valence-electron chi connectivity index (χ2n) is 5.30. The molecule has 4 nitrogen and oxygen atoms in total. The number of nitrogens with zero attached hydrogens (tertiary/aromatic N) is 2. The third kappa shape index (κ3) is 4.78. The first-order chi connectivity index (χ1) is 8.22. The van der Waals surface area contributed by atoms with E-state index in [0.717, 1.165) is 52.0 Å². The zero-order chi connectivity index (χ0) is 12.3. The summed E-state index contributed by atoms with van der Waals surface area (Å²) in [7, 11) is 1.99. The molecule has 1 atom stereocenters. The normalized spacial score (nSPS) is 24.4. The van der Waals surface area contributed by atoms with Gasteiger partial charge in [0.05, 0.1) is 5.92 Å². The lowest BCUT2D eigenvalue weighted by Gasteiger charge is -2.37. The summed E-state index contributed by atoms with van der Waals surface area (Å²) in [6.45, 7) is 7.50. The van der Waals surface area contributed by atoms with Crippen LogP contribution in [0.2, 0.25) is 0 Å². The van der Waals surface area contributed by atoms with Crippen LogP contribution in [0.4, 0.5) is 0 Å². The predicted molar refractivity (Wildman–Crippen MR) is 83.4 cm³/mol. The monoisotopic (exact) mass is 311 g/mol. The SMILES string of the molecule is CCN1CCC(N(C)C(=O)C2CCNC2)CC1.Cl.Cl. The van der Waals surface area contributed by atoms with Crippen molar-refractivity contribution in [3.05, 3.63) is 0 Å². The number of carbonyl (C=O) groups excluding carboxylic acids is 1. The number of halogens is 2. The Bertz CT molecular complexity index is 265. The van der Waals surface area contributed by atoms with E-state index >= 15 is 0 Å². The number of nitrogens with one attached hydrogen (secondary N) is 1. The fourth-order valence-electron chi connectivity index (χ4n) is 2.96. The maximum atomic E-state index is 12.3. The van der Waals surface area contributed by atoms with E-state index in [1.165, 1.54) is 0 Å². The van der Waals surface area contributed by atoms with Gasteiger partial charge in [-0.05, 0) is 32.4 Å². The average molecular weight is 312 g/mol. The molecule has 0 aromatic rings. The van der Waals surface area contributed by atoms with E-state index in [0.29, 0.717) is 11.9 Å². The highest BCUT2D eigenvalue weighted by atomic mass is 35.5. The van der Waals surface area contributed by atoms with Crippen LogP contribution < -0.4 is 5.32 Å². The van der Waals surface area contributed by atoms with Crippen molar-refractivity contribution < 1.29 is 4.79 Å². The number of rotatable bonds is 3. The molecule has 2 fully saturated rings. The summed E-state index contributed by atoms with van der Waals surface area (Å²) >= 11 is 0. The lowest BCUT2D eigenvalue weighted by atomic mass is 10.0. The molecule has 1 unspecified atom stereocenters. The fourth-order valence-corrected chi connectivity index (χ4v) is 2.96. The van der Waals surface area contributed by atoms with Gasteiger partial charge in [-0.1, -0.05) is 6.92 Å². The molecule has 0 aliphatic carbocycles. The van der Waals surface area contributed by atoms with E-state index in [9.17, 15) is 4.79 Å². The van der Waals surface area contributed by atoms with Crippen LogP contribution >= 0.6 is 24.8 Å². The van der Waals surface area contributed by atoms with Crippen molar-refractivity contribution in [1.29, 1.82) is 0 Å². The molecule has 0 saturated carbocycles. The van der Waals surface area contributed by atoms with Crippen LogP contribution in [0.1, 0.15) is 26.2 Å². The van der Waals surface area contributed by atoms with Crippen LogP contribution in [0.3, 0.4) is 0 Å². The Balaban J connectivity index is 0.00000162. The van der Waals surface area contributed by atoms with E-state index in [-0.39, 0.29) is 30.7 Å². The highest BCUT2D eigenvalue weighted by molar-refractivity contribution is 5.85. The molecule has 0 radical (unpaired) electrons. The quantitative estimate of drug-likeness (QED) is 0.855. The minimum absolute atomic E-state index is 0. The molecule has 1 N–H and O–H groups in total. The Hall–Kier alpha value is -0.0300. The van der Waals surface area contributed by atoms with E-state index < -0.39 is 0 Å². The van der Waals surface area contributed by atoms with Gasteiger partial charge >= 0.3 is 0 Å². The summed E-state index contributed by atoms with van der Waals surface area (Å²) in [5, 5.41) is 3.27. The van der Waals surface area contributed by atoms with E-state index in [1.54, 1.807) is 0 Å². The van der Waals surface area contributed by atoms with Gasteiger partial charge in [-0.25, -0.2) is 0 Å². The molecule has 0 aromatic heterocycles. The van der Waals surface area contributed by atoms with E-state index in [2.05, 4.69) is 17.1 Å². The molecule has 0 bridgehead atoms. The molecule has 2 rings (SSSR count). The van der Waals surface area contributed by atoms with Crippen LogP contribution in [0.5, 0.6) is 0 Å². The molecular weight excluding hydrogens is 285 g/mol. The molecule has 2 aliphatic heterocycles. The van der Waals surface area contributed by atoms with Gasteiger partial charge < -0.3 is 15.1 Å². The summed E-state index contributed by atoms with van der Waals surface area (Å²) in [5.41, 5.74) is 0. The number of likely N-dealkylation sites (tertiary alicyclic amines) is 1. The minimum atomic E-state index is 0. The first kappa shape index (κ1) is 19.0. The Morgan fingerprint density at radius 1 is 1.26 bits per heavy atom. The van der Waals surface area contributed by atoms with E-state index in [1.807, 2.05) is 11.9 Å². The Labute approximate surface area is 129 Å². The molecule has 2 heterocycles. The van der Waals surface area contributed by atoms with Crippen molar-refractivity contribution in [3.63, 3.8) is 0 Å². The second-order valence-corrected chi connectivity index (χ2v) is 5.30. The van der Waals surface area contributed by atoms with Gasteiger partial charge in [-0.3, -0.25) is 4.79 Å². The summed E-state index contributed by atoms with van der Waals surface area (Å²) in [5.74, 6) is 0.578. The maximum Gasteiger partial charge on any atom is 0.227 e. The van der Waals surface area contributed by atoms with Gasteiger partial charge in [0.15, 0.2) is 0 Å². The predicted octanol–water partition coefficient (Wildman–Crippen LogP) is 1.38. The van der Waals surface area contributed by atoms with Gasteiger partial charge in [-0.2, -0.15) is 0 Å². The Morgan fingerprint density at radius 2 is 1.89 bits per heavy atom. The van der Waals surface area contributed by atoms with Crippen LogP contribution in [-0.4, -0.2) is 61.5 Å². The minimum Gasteiger partial charge on any atom is -0.342 e. The smallest absolute Gasteiger partial charge is 0.227 e. The average Bonchev–Trinajstić information content (AvgIpc) is 2.91. The van der Waals surface area contributed by atoms with E-state index in [4.69, 9.17) is 0 Å². The molecule has 0 spiro atoms. The second kappa shape index (κ2) is 9.01. The molecule has 19 heavy (non-hydrogen) atoms. The number of amides is 1. The van der Waals surface area contributed by atoms with Crippen molar-refractivity contribution in [2.24, 2.45) is 5.92 Å². The number of carbonyl (C=O) groups is 1.